The van der Waals surface area contributed by atoms with Crippen LogP contribution in [0.2, 0.25) is 0 Å². The lowest BCUT2D eigenvalue weighted by Gasteiger charge is -2.00. The van der Waals surface area contributed by atoms with Crippen LogP contribution < -0.4 is 0 Å². The van der Waals surface area contributed by atoms with Crippen LogP contribution in [-0.4, -0.2) is 29.3 Å². The van der Waals surface area contributed by atoms with Gasteiger partial charge in [0.1, 0.15) is 6.61 Å². The molecule has 78 valence electrons. The van der Waals surface area contributed by atoms with E-state index >= 15 is 0 Å². The Bertz CT molecular complexity index is 342. The number of nitrogens with zero attached hydrogens (tertiary/aromatic N) is 2. The van der Waals surface area contributed by atoms with E-state index in [0.717, 1.165) is 17.0 Å². The first-order valence-electron chi connectivity index (χ1n) is 4.56. The van der Waals surface area contributed by atoms with E-state index in [1.165, 1.54) is 7.11 Å². The van der Waals surface area contributed by atoms with Crippen LogP contribution in [0.15, 0.2) is 0 Å². The largest absolute Gasteiger partial charge is 0.377 e. The Hall–Kier alpha value is -1.16. The minimum absolute atomic E-state index is 0.0895. The Labute approximate surface area is 83.9 Å². The number of ether oxygens (including phenoxy) is 1. The maximum absolute atomic E-state index is 11.4. The van der Waals surface area contributed by atoms with Crippen molar-refractivity contribution in [1.29, 1.82) is 0 Å². The van der Waals surface area contributed by atoms with E-state index in [9.17, 15) is 4.79 Å². The predicted octanol–water partition coefficient (Wildman–Crippen LogP) is 0.795. The van der Waals surface area contributed by atoms with Crippen molar-refractivity contribution in [3.63, 3.8) is 0 Å². The monoisotopic (exact) mass is 196 g/mol. The zero-order chi connectivity index (χ0) is 10.7. The third kappa shape index (κ3) is 2.20. The van der Waals surface area contributed by atoms with Gasteiger partial charge in [0.25, 0.3) is 0 Å². The second-order valence-electron chi connectivity index (χ2n) is 3.42. The molecule has 0 aliphatic carbocycles. The van der Waals surface area contributed by atoms with E-state index in [1.54, 1.807) is 4.68 Å². The summed E-state index contributed by atoms with van der Waals surface area (Å²) in [4.78, 5) is 11.4. The molecule has 0 radical (unpaired) electrons. The molecule has 0 saturated carbocycles. The van der Waals surface area contributed by atoms with Gasteiger partial charge in [-0.1, -0.05) is 0 Å². The smallest absolute Gasteiger partial charge is 0.162 e. The first-order valence-corrected chi connectivity index (χ1v) is 4.56. The molecule has 1 aromatic rings. The molecule has 0 saturated heterocycles. The van der Waals surface area contributed by atoms with Gasteiger partial charge in [0.05, 0.1) is 5.69 Å². The summed E-state index contributed by atoms with van der Waals surface area (Å²) >= 11 is 0. The molecular formula is C10H16N2O2. The van der Waals surface area contributed by atoms with Crippen LogP contribution in [0.25, 0.3) is 0 Å². The van der Waals surface area contributed by atoms with E-state index in [4.69, 9.17) is 4.74 Å². The number of carbonyl (C=O) groups excluding carboxylic acids is 1. The van der Waals surface area contributed by atoms with Crippen molar-refractivity contribution in [2.75, 3.05) is 13.7 Å². The highest BCUT2D eigenvalue weighted by Gasteiger charge is 2.12. The number of ketones is 1. The van der Waals surface area contributed by atoms with Crippen LogP contribution in [0.3, 0.4) is 0 Å². The van der Waals surface area contributed by atoms with Crippen LogP contribution in [0.4, 0.5) is 0 Å². The molecule has 1 heterocycles. The van der Waals surface area contributed by atoms with Crippen molar-refractivity contribution < 1.29 is 9.53 Å². The number of carbonyl (C=O) groups is 1. The number of aryl methyl sites for hydroxylation is 2. The van der Waals surface area contributed by atoms with Crippen LogP contribution in [0.1, 0.15) is 17.0 Å². The summed E-state index contributed by atoms with van der Waals surface area (Å²) in [5, 5.41) is 4.25. The molecule has 0 spiro atoms. The molecule has 0 amide bonds. The van der Waals surface area contributed by atoms with Crippen molar-refractivity contribution in [3.8, 4) is 0 Å². The third-order valence-corrected chi connectivity index (χ3v) is 2.34. The van der Waals surface area contributed by atoms with Gasteiger partial charge in [-0.25, -0.2) is 0 Å². The van der Waals surface area contributed by atoms with Crippen molar-refractivity contribution in [2.24, 2.45) is 7.05 Å². The van der Waals surface area contributed by atoms with Crippen LogP contribution >= 0.6 is 0 Å². The lowest BCUT2D eigenvalue weighted by atomic mass is 10.1. The molecule has 0 aromatic carbocycles. The summed E-state index contributed by atoms with van der Waals surface area (Å²) in [5.41, 5.74) is 3.00. The molecule has 0 unspecified atom stereocenters. The highest BCUT2D eigenvalue weighted by Crippen LogP contribution is 2.12. The summed E-state index contributed by atoms with van der Waals surface area (Å²) in [6.45, 7) is 4.06. The fraction of sp³-hybridized carbons (Fsp3) is 0.600. The van der Waals surface area contributed by atoms with E-state index in [1.807, 2.05) is 20.9 Å². The van der Waals surface area contributed by atoms with Crippen molar-refractivity contribution in [2.45, 2.75) is 20.3 Å². The molecule has 0 N–H and O–H groups in total. The highest BCUT2D eigenvalue weighted by molar-refractivity contribution is 5.82. The maximum Gasteiger partial charge on any atom is 0.162 e. The van der Waals surface area contributed by atoms with Gasteiger partial charge in [-0.3, -0.25) is 9.48 Å². The predicted molar refractivity (Wildman–Crippen MR) is 53.3 cm³/mol. The number of rotatable bonds is 4. The van der Waals surface area contributed by atoms with Crippen LogP contribution in [0, 0.1) is 13.8 Å². The zero-order valence-corrected chi connectivity index (χ0v) is 9.13. The number of Topliss-reactive ketones (excluding diaryl/α,β-unsaturated/α-hetero) is 1. The molecule has 1 aromatic heterocycles. The van der Waals surface area contributed by atoms with Gasteiger partial charge in [-0.15, -0.1) is 0 Å². The van der Waals surface area contributed by atoms with Crippen molar-refractivity contribution in [3.05, 3.63) is 17.0 Å². The Morgan fingerprint density at radius 1 is 1.50 bits per heavy atom. The van der Waals surface area contributed by atoms with Gasteiger partial charge in [-0.05, 0) is 13.8 Å². The van der Waals surface area contributed by atoms with Crippen molar-refractivity contribution >= 4 is 5.78 Å². The minimum atomic E-state index is 0.0895. The molecule has 1 rings (SSSR count). The average molecular weight is 196 g/mol. The number of hydrogen-bond acceptors (Lipinski definition) is 3. The fourth-order valence-corrected chi connectivity index (χ4v) is 1.48. The number of methoxy groups -OCH3 is 1. The van der Waals surface area contributed by atoms with Gasteiger partial charge < -0.3 is 4.74 Å². The van der Waals surface area contributed by atoms with E-state index in [2.05, 4.69) is 5.10 Å². The Kier molecular flexibility index (Phi) is 3.41. The Morgan fingerprint density at radius 2 is 2.14 bits per heavy atom. The molecule has 4 heteroatoms. The number of hydrogen-bond donors (Lipinski definition) is 0. The lowest BCUT2D eigenvalue weighted by Crippen LogP contribution is -2.10. The second-order valence-corrected chi connectivity index (χ2v) is 3.42. The van der Waals surface area contributed by atoms with Gasteiger partial charge in [0, 0.05) is 31.8 Å². The SMILES string of the molecule is COCC(=O)Cc1c(C)nn(C)c1C. The van der Waals surface area contributed by atoms with Crippen LogP contribution in [-0.2, 0) is 23.0 Å². The molecule has 4 nitrogen and oxygen atoms in total. The van der Waals surface area contributed by atoms with E-state index in [-0.39, 0.29) is 12.4 Å². The second kappa shape index (κ2) is 4.37. The summed E-state index contributed by atoms with van der Waals surface area (Å²) in [5.74, 6) is 0.0895. The van der Waals surface area contributed by atoms with Crippen LogP contribution in [0.5, 0.6) is 0 Å². The molecule has 0 aliphatic rings. The van der Waals surface area contributed by atoms with Gasteiger partial charge in [0.2, 0.25) is 0 Å². The third-order valence-electron chi connectivity index (χ3n) is 2.34. The summed E-state index contributed by atoms with van der Waals surface area (Å²) in [7, 11) is 3.41. The molecule has 14 heavy (non-hydrogen) atoms. The molecule has 0 fully saturated rings. The molecule has 0 atom stereocenters. The normalized spacial score (nSPS) is 10.6. The topological polar surface area (TPSA) is 44.1 Å². The molecule has 0 bridgehead atoms. The average Bonchev–Trinajstić information content (AvgIpc) is 2.33. The standard InChI is InChI=1S/C10H16N2O2/c1-7-10(5-9(13)6-14-4)8(2)12(3)11-7/h5-6H2,1-4H3. The van der Waals surface area contributed by atoms with Gasteiger partial charge in [0.15, 0.2) is 5.78 Å². The van der Waals surface area contributed by atoms with E-state index < -0.39 is 0 Å². The summed E-state index contributed by atoms with van der Waals surface area (Å²) in [6.07, 6.45) is 0.416. The van der Waals surface area contributed by atoms with Gasteiger partial charge >= 0.3 is 0 Å². The Morgan fingerprint density at radius 3 is 2.57 bits per heavy atom. The lowest BCUT2D eigenvalue weighted by molar-refractivity contribution is -0.122. The first-order chi connectivity index (χ1) is 6.56. The summed E-state index contributed by atoms with van der Waals surface area (Å²) < 4.78 is 6.58. The quantitative estimate of drug-likeness (QED) is 0.715. The van der Waals surface area contributed by atoms with E-state index in [0.29, 0.717) is 6.42 Å². The Balaban J connectivity index is 2.81. The van der Waals surface area contributed by atoms with Crippen molar-refractivity contribution in [1.82, 2.24) is 9.78 Å². The zero-order valence-electron chi connectivity index (χ0n) is 9.13. The highest BCUT2D eigenvalue weighted by atomic mass is 16.5. The van der Waals surface area contributed by atoms with Gasteiger partial charge in [-0.2, -0.15) is 5.10 Å². The number of aromatic nitrogens is 2. The first kappa shape index (κ1) is 10.9. The summed E-state index contributed by atoms with van der Waals surface area (Å²) in [6, 6.07) is 0. The minimum Gasteiger partial charge on any atom is -0.377 e. The molecule has 0 aliphatic heterocycles. The molecular weight excluding hydrogens is 180 g/mol. The fourth-order valence-electron chi connectivity index (χ4n) is 1.48. The maximum atomic E-state index is 11.4.